The molecule has 8 aromatic carbocycles. The van der Waals surface area contributed by atoms with Gasteiger partial charge >= 0.3 is 0 Å². The van der Waals surface area contributed by atoms with Crippen LogP contribution in [0.1, 0.15) is 38.4 Å². The van der Waals surface area contributed by atoms with Gasteiger partial charge in [0.15, 0.2) is 0 Å². The smallest absolute Gasteiger partial charge is 0.0972 e. The van der Waals surface area contributed by atoms with Crippen molar-refractivity contribution in [2.75, 3.05) is 4.90 Å². The molecule has 0 bridgehead atoms. The molecule has 0 N–H and O–H groups in total. The Kier molecular flexibility index (Phi) is 3.59. The normalized spacial score (nSPS) is 18.4. The van der Waals surface area contributed by atoms with Crippen molar-refractivity contribution in [2.45, 2.75) is 0 Å². The third kappa shape index (κ3) is 5.66. The van der Waals surface area contributed by atoms with Crippen molar-refractivity contribution in [1.29, 1.82) is 0 Å². The van der Waals surface area contributed by atoms with Gasteiger partial charge in [-0.3, -0.25) is 0 Å². The molecule has 0 radical (unpaired) electrons. The van der Waals surface area contributed by atoms with Crippen molar-refractivity contribution < 1.29 is 38.4 Å². The topological polar surface area (TPSA) is 41.9 Å². The van der Waals surface area contributed by atoms with Gasteiger partial charge < -0.3 is 4.90 Å². The molecular formula is C53H34N4. The van der Waals surface area contributed by atoms with Gasteiger partial charge in [-0.2, -0.15) is 0 Å². The van der Waals surface area contributed by atoms with E-state index in [9.17, 15) is 16.4 Å². The van der Waals surface area contributed by atoms with Crippen LogP contribution in [0.15, 0.2) is 206 Å². The summed E-state index contributed by atoms with van der Waals surface area (Å²) < 4.78 is 254. The van der Waals surface area contributed by atoms with Crippen molar-refractivity contribution in [3.63, 3.8) is 0 Å². The van der Waals surface area contributed by atoms with Gasteiger partial charge in [0.05, 0.1) is 72.0 Å². The van der Waals surface area contributed by atoms with Gasteiger partial charge in [-0.25, -0.2) is 15.0 Å². The summed E-state index contributed by atoms with van der Waals surface area (Å²) in [6.45, 7) is 0. The first-order chi connectivity index (χ1) is 39.9. The van der Waals surface area contributed by atoms with Gasteiger partial charge in [0.1, 0.15) is 0 Å². The second-order valence-corrected chi connectivity index (χ2v) is 12.2. The lowest BCUT2D eigenvalue weighted by Crippen LogP contribution is -2.09. The molecule has 0 aliphatic rings. The molecule has 0 aliphatic carbocycles. The summed E-state index contributed by atoms with van der Waals surface area (Å²) in [4.78, 5) is 14.4. The van der Waals surface area contributed by atoms with E-state index in [0.717, 1.165) is 17.0 Å². The average molecular weight is 755 g/mol. The number of fused-ring (bicyclic) bond motifs is 8. The van der Waals surface area contributed by atoms with Crippen LogP contribution in [0.5, 0.6) is 0 Å². The predicted molar refractivity (Wildman–Crippen MR) is 238 cm³/mol. The molecule has 57 heavy (non-hydrogen) atoms. The van der Waals surface area contributed by atoms with E-state index >= 15 is 0 Å². The van der Waals surface area contributed by atoms with E-state index in [-0.39, 0.29) is 11.7 Å². The molecule has 11 rings (SSSR count). The summed E-state index contributed by atoms with van der Waals surface area (Å²) in [6.07, 6.45) is 0. The van der Waals surface area contributed by atoms with Crippen LogP contribution in [0.25, 0.3) is 88.0 Å². The largest absolute Gasteiger partial charge is 0.311 e. The molecule has 0 spiro atoms. The first-order valence-corrected chi connectivity index (χ1v) is 17.0. The van der Waals surface area contributed by atoms with Crippen molar-refractivity contribution in [3.8, 4) is 33.8 Å². The number of pyridine rings is 3. The number of nitrogens with zero attached hydrogens (tertiary/aromatic N) is 4. The fourth-order valence-electron chi connectivity index (χ4n) is 6.40. The molecule has 0 saturated carbocycles. The minimum absolute atomic E-state index is 0.219. The van der Waals surface area contributed by atoms with Crippen molar-refractivity contribution >= 4 is 71.3 Å². The fourth-order valence-corrected chi connectivity index (χ4v) is 6.40. The van der Waals surface area contributed by atoms with E-state index in [4.69, 9.17) is 21.9 Å². The molecule has 0 aliphatic heterocycles. The Morgan fingerprint density at radius 2 is 1.11 bits per heavy atom. The third-order valence-electron chi connectivity index (χ3n) is 8.91. The van der Waals surface area contributed by atoms with Gasteiger partial charge in [0.25, 0.3) is 0 Å². The van der Waals surface area contributed by atoms with Crippen LogP contribution in [-0.2, 0) is 0 Å². The van der Waals surface area contributed by atoms with Crippen LogP contribution in [0.2, 0.25) is 0 Å². The molecule has 3 heterocycles. The van der Waals surface area contributed by atoms with Gasteiger partial charge in [0, 0.05) is 60.7 Å². The lowest BCUT2D eigenvalue weighted by molar-refractivity contribution is 1.28. The molecule has 3 aromatic heterocycles. The van der Waals surface area contributed by atoms with Crippen LogP contribution >= 0.6 is 0 Å². The maximum atomic E-state index is 9.84. The summed E-state index contributed by atoms with van der Waals surface area (Å²) in [5.41, 5.74) is -7.38. The Morgan fingerprint density at radius 3 is 1.95 bits per heavy atom. The zero-order valence-electron chi connectivity index (χ0n) is 56.8. The molecule has 4 heteroatoms. The SMILES string of the molecule is [2H]c1ccccc1N(c1c([2H])c([2H])cc([2H])c1[2H])c1c([2H])c([2H])c(-c2nc3c([2H])c([2H])c([2H])c([2H])c3c3c2c([2H])c([2H])c2c(-c4nc5c(c([2H])c4[2H])c([2H])c([2H])c4c([2H])c([2H])c(-c6c([2H])cc([2H])c([2H])c6[2H])nc45)c([2H])c([2H])c([2H])c23)c([2H])c1[2H]. The highest BCUT2D eigenvalue weighted by atomic mass is 15.1. The first-order valence-electron chi connectivity index (χ1n) is 31.0. The average Bonchev–Trinajstić information content (AvgIpc) is 0.920. The number of anilines is 3. The zero-order valence-corrected chi connectivity index (χ0v) is 28.8. The third-order valence-corrected chi connectivity index (χ3v) is 8.91. The quantitative estimate of drug-likeness (QED) is 0.159. The zero-order chi connectivity index (χ0) is 62.1. The summed E-state index contributed by atoms with van der Waals surface area (Å²) in [5, 5.41) is -4.23. The van der Waals surface area contributed by atoms with Crippen molar-refractivity contribution in [3.05, 3.63) is 206 Å². The Bertz CT molecular complexity index is 4900. The number of aromatic nitrogens is 3. The Hall–Kier alpha value is -7.69. The molecule has 0 unspecified atom stereocenters. The molecule has 266 valence electrons. The van der Waals surface area contributed by atoms with E-state index < -0.39 is 263 Å². The molecule has 11 aromatic rings. The van der Waals surface area contributed by atoms with Crippen LogP contribution in [0.4, 0.5) is 17.1 Å². The highest BCUT2D eigenvalue weighted by Gasteiger charge is 2.18. The molecule has 0 amide bonds. The second-order valence-electron chi connectivity index (χ2n) is 12.2. The highest BCUT2D eigenvalue weighted by molar-refractivity contribution is 6.24. The summed E-state index contributed by atoms with van der Waals surface area (Å²) in [7, 11) is 0. The van der Waals surface area contributed by atoms with Crippen molar-refractivity contribution in [1.82, 2.24) is 15.0 Å². The van der Waals surface area contributed by atoms with E-state index in [1.807, 2.05) is 0 Å². The van der Waals surface area contributed by atoms with Gasteiger partial charge in [0.2, 0.25) is 0 Å². The summed E-state index contributed by atoms with van der Waals surface area (Å²) >= 11 is 0. The predicted octanol–water partition coefficient (Wildman–Crippen LogP) is 14.1. The molecular weight excluding hydrogens is 693 g/mol. The maximum absolute atomic E-state index is 9.84. The lowest BCUT2D eigenvalue weighted by Gasteiger charge is -2.25. The molecule has 0 saturated heterocycles. The maximum Gasteiger partial charge on any atom is 0.0972 e. The number of rotatable bonds is 6. The van der Waals surface area contributed by atoms with Gasteiger partial charge in [-0.15, -0.1) is 0 Å². The minimum Gasteiger partial charge on any atom is -0.311 e. The standard InChI is InChI=1S/C53H34N4/c1-4-13-35(14-5-1)47-33-27-37-23-24-38-28-34-49(56-53(38)52(37)54-47)43-20-12-21-44-42(43)31-32-46-50(44)45-19-10-11-22-48(45)55-51(46)36-25-29-41(30-26-36)57(39-15-6-2-7-16-39)40-17-8-3-9-18-40/h1-34H/i1D,4D,6D,7D,10D,11D,12D,13D,14D,15D,16D,17D,19D,20D,21D,22D,23D,24D,25D,26D,27D,28D,29D,30D,31D,32D,33D,34D. The van der Waals surface area contributed by atoms with Crippen molar-refractivity contribution in [2.24, 2.45) is 0 Å². The number of para-hydroxylation sites is 3. The van der Waals surface area contributed by atoms with Crippen LogP contribution < -0.4 is 4.90 Å². The Labute approximate surface area is 369 Å². The van der Waals surface area contributed by atoms with E-state index in [1.165, 1.54) is 24.3 Å². The number of hydrogen-bond donors (Lipinski definition) is 0. The molecule has 0 atom stereocenters. The highest BCUT2D eigenvalue weighted by Crippen LogP contribution is 2.41. The molecule has 0 fully saturated rings. The van der Waals surface area contributed by atoms with Crippen LogP contribution in [0, 0.1) is 0 Å². The Balaban J connectivity index is 1.31. The number of hydrogen-bond acceptors (Lipinski definition) is 4. The summed E-state index contributed by atoms with van der Waals surface area (Å²) in [6, 6.07) is -15.4. The van der Waals surface area contributed by atoms with Crippen LogP contribution in [0.3, 0.4) is 0 Å². The lowest BCUT2D eigenvalue weighted by atomic mass is 9.92. The molecule has 4 nitrogen and oxygen atoms in total. The minimum atomic E-state index is -1.00. The second kappa shape index (κ2) is 13.6. The van der Waals surface area contributed by atoms with E-state index in [2.05, 4.69) is 15.0 Å². The Morgan fingerprint density at radius 1 is 0.386 bits per heavy atom. The number of benzene rings is 8. The van der Waals surface area contributed by atoms with E-state index in [0.29, 0.717) is 0 Å². The van der Waals surface area contributed by atoms with E-state index in [1.54, 1.807) is 0 Å². The monoisotopic (exact) mass is 754 g/mol. The first kappa shape index (κ1) is 15.1. The van der Waals surface area contributed by atoms with Crippen LogP contribution in [-0.4, -0.2) is 15.0 Å². The van der Waals surface area contributed by atoms with Gasteiger partial charge in [-0.05, 0) is 65.2 Å². The fraction of sp³-hybridized carbons (Fsp3) is 0. The summed E-state index contributed by atoms with van der Waals surface area (Å²) in [5.74, 6) is 0. The van der Waals surface area contributed by atoms with Gasteiger partial charge in [-0.1, -0.05) is 151 Å².